The second-order valence-electron chi connectivity index (χ2n) is 12.0. The zero-order chi connectivity index (χ0) is 31.9. The van der Waals surface area contributed by atoms with Crippen LogP contribution in [0.1, 0.15) is 26.2 Å². The maximum Gasteiger partial charge on any atom is 0.254 e. The fourth-order valence-electron chi connectivity index (χ4n) is 6.35. The molecule has 0 radical (unpaired) electrons. The number of carbonyl (C=O) groups excluding carboxylic acids is 1. The number of hydrogen-bond donors (Lipinski definition) is 12. The number of nitrogens with two attached hydrogens (primary N) is 6. The molecule has 18 nitrogen and oxygen atoms in total. The predicted octanol–water partition coefficient (Wildman–Crippen LogP) is -6.33. The summed E-state index contributed by atoms with van der Waals surface area (Å²) in [5.74, 6) is -1.63. The minimum Gasteiger partial charge on any atom is -0.491 e. The normalized spacial score (nSPS) is 44.4. The van der Waals surface area contributed by atoms with Crippen molar-refractivity contribution >= 4 is 17.8 Å². The van der Waals surface area contributed by atoms with E-state index in [1.165, 1.54) is 6.92 Å². The minimum absolute atomic E-state index is 0.0140. The second kappa shape index (κ2) is 12.7. The number of nitrogens with zero attached hydrogens (tertiary/aromatic N) is 2. The summed E-state index contributed by atoms with van der Waals surface area (Å²) >= 11 is 0. The van der Waals surface area contributed by atoms with Crippen LogP contribution in [0.3, 0.4) is 0 Å². The van der Waals surface area contributed by atoms with Crippen molar-refractivity contribution in [3.8, 4) is 0 Å². The Bertz CT molecular complexity index is 1120. The molecule has 43 heavy (non-hydrogen) atoms. The van der Waals surface area contributed by atoms with Crippen LogP contribution in [0, 0.1) is 5.92 Å². The van der Waals surface area contributed by atoms with Gasteiger partial charge in [-0.3, -0.25) is 4.79 Å². The lowest BCUT2D eigenvalue weighted by molar-refractivity contribution is -0.297. The van der Waals surface area contributed by atoms with Crippen molar-refractivity contribution in [3.05, 3.63) is 11.8 Å². The molecule has 2 aliphatic carbocycles. The summed E-state index contributed by atoms with van der Waals surface area (Å²) in [6, 6.07) is -4.07. The zero-order valence-corrected chi connectivity index (χ0v) is 24.2. The predicted molar refractivity (Wildman–Crippen MR) is 154 cm³/mol. The van der Waals surface area contributed by atoms with Crippen molar-refractivity contribution in [2.45, 2.75) is 98.3 Å². The van der Waals surface area contributed by atoms with Gasteiger partial charge in [-0.05, 0) is 32.9 Å². The van der Waals surface area contributed by atoms with E-state index in [0.717, 1.165) is 0 Å². The van der Waals surface area contributed by atoms with Crippen LogP contribution in [-0.4, -0.2) is 131 Å². The van der Waals surface area contributed by atoms with Crippen molar-refractivity contribution in [2.24, 2.45) is 50.3 Å². The first-order valence-electron chi connectivity index (χ1n) is 14.2. The summed E-state index contributed by atoms with van der Waals surface area (Å²) in [5, 5.41) is 50.0. The number of likely N-dealkylation sites (N-methyl/N-ethyl adjacent to an activating group) is 1. The van der Waals surface area contributed by atoms with Gasteiger partial charge in [0.25, 0.3) is 5.91 Å². The molecule has 0 bridgehead atoms. The van der Waals surface area contributed by atoms with E-state index in [9.17, 15) is 25.2 Å². The second-order valence-corrected chi connectivity index (χ2v) is 12.0. The van der Waals surface area contributed by atoms with E-state index >= 15 is 0 Å². The van der Waals surface area contributed by atoms with Gasteiger partial charge in [-0.25, -0.2) is 9.98 Å². The van der Waals surface area contributed by atoms with E-state index in [4.69, 9.17) is 48.6 Å². The first kappa shape index (κ1) is 33.1. The number of nitrogens with one attached hydrogen (secondary N) is 2. The van der Waals surface area contributed by atoms with Crippen molar-refractivity contribution in [1.82, 2.24) is 10.6 Å². The minimum atomic E-state index is -1.87. The molecule has 2 aliphatic heterocycles. The van der Waals surface area contributed by atoms with E-state index in [-0.39, 0.29) is 37.9 Å². The lowest BCUT2D eigenvalue weighted by atomic mass is 9.72. The van der Waals surface area contributed by atoms with Crippen LogP contribution < -0.4 is 45.0 Å². The molecule has 1 amide bonds. The van der Waals surface area contributed by atoms with Crippen LogP contribution >= 0.6 is 0 Å². The molecule has 244 valence electrons. The Morgan fingerprint density at radius 1 is 1.16 bits per heavy atom. The van der Waals surface area contributed by atoms with Crippen LogP contribution in [0.2, 0.25) is 0 Å². The van der Waals surface area contributed by atoms with E-state index < -0.39 is 83.9 Å². The van der Waals surface area contributed by atoms with E-state index in [2.05, 4.69) is 20.6 Å². The number of aliphatic imine (C=N–C) groups is 2. The van der Waals surface area contributed by atoms with Crippen LogP contribution in [0.4, 0.5) is 0 Å². The molecule has 2 heterocycles. The Morgan fingerprint density at radius 3 is 2.44 bits per heavy atom. The topological polar surface area (TPSA) is 331 Å². The molecule has 1 saturated heterocycles. The summed E-state index contributed by atoms with van der Waals surface area (Å²) < 4.78 is 18.0. The van der Waals surface area contributed by atoms with Crippen LogP contribution in [-0.2, 0) is 19.0 Å². The number of hydrogen-bond acceptors (Lipinski definition) is 13. The SMILES string of the molecule is CNC1C(O)C(OC2C(NC(=O)C3(O)CC3N=C(N)N)CC(N)C(C3OC(CN)=CCC3N=C(N)N)C2O)OCC1(C)O. The molecule has 18 N–H and O–H groups in total. The quantitative estimate of drug-likeness (QED) is 0.0848. The third-order valence-corrected chi connectivity index (χ3v) is 8.64. The Hall–Kier alpha value is -2.81. The zero-order valence-electron chi connectivity index (χ0n) is 24.2. The van der Waals surface area contributed by atoms with Crippen LogP contribution in [0.15, 0.2) is 21.8 Å². The molecule has 4 aliphatic rings. The number of carbonyl (C=O) groups is 1. The monoisotopic (exact) mass is 614 g/mol. The van der Waals surface area contributed by atoms with Gasteiger partial charge in [0.2, 0.25) is 0 Å². The van der Waals surface area contributed by atoms with E-state index in [0.29, 0.717) is 12.2 Å². The molecule has 13 unspecified atom stereocenters. The highest BCUT2D eigenvalue weighted by Crippen LogP contribution is 2.41. The Labute approximate surface area is 248 Å². The fraction of sp³-hybridized carbons (Fsp3) is 0.800. The molecular formula is C25H46N10O8. The Balaban J connectivity index is 1.64. The average molecular weight is 615 g/mol. The molecule has 0 aromatic carbocycles. The van der Waals surface area contributed by atoms with Crippen molar-refractivity contribution in [1.29, 1.82) is 0 Å². The van der Waals surface area contributed by atoms with Crippen molar-refractivity contribution in [2.75, 3.05) is 20.2 Å². The van der Waals surface area contributed by atoms with Gasteiger partial charge in [-0.2, -0.15) is 0 Å². The molecule has 2 saturated carbocycles. The molecular weight excluding hydrogens is 568 g/mol. The molecule has 0 aromatic rings. The maximum absolute atomic E-state index is 13.2. The van der Waals surface area contributed by atoms with Gasteiger partial charge in [0, 0.05) is 18.4 Å². The molecule has 0 aromatic heterocycles. The lowest BCUT2D eigenvalue weighted by Crippen LogP contribution is -2.69. The Morgan fingerprint density at radius 2 is 1.84 bits per heavy atom. The summed E-state index contributed by atoms with van der Waals surface area (Å²) in [6.07, 6.45) is -4.06. The van der Waals surface area contributed by atoms with Crippen LogP contribution in [0.25, 0.3) is 0 Å². The fourth-order valence-corrected chi connectivity index (χ4v) is 6.35. The molecule has 4 rings (SSSR count). The average Bonchev–Trinajstić information content (AvgIpc) is 3.57. The highest BCUT2D eigenvalue weighted by atomic mass is 16.7. The van der Waals surface area contributed by atoms with Gasteiger partial charge >= 0.3 is 0 Å². The molecule has 0 spiro atoms. The molecule has 3 fully saturated rings. The summed E-state index contributed by atoms with van der Waals surface area (Å²) in [4.78, 5) is 21.4. The lowest BCUT2D eigenvalue weighted by Gasteiger charge is -2.50. The largest absolute Gasteiger partial charge is 0.491 e. The third kappa shape index (κ3) is 6.81. The number of guanidine groups is 2. The number of amides is 1. The highest BCUT2D eigenvalue weighted by molar-refractivity contribution is 5.90. The first-order valence-corrected chi connectivity index (χ1v) is 14.2. The standard InChI is InChI=1S/C25H46N10O8/c1-24(39)8-41-20(16(37)19(24)32-2)43-18-12(33-21(38)25(40)6-13(25)35-23(30)31)5-10(27)14(15(18)36)17-11(34-22(28)29)4-3-9(7-26)42-17/h3,10-20,32,36-37,39-40H,4-8,26-27H2,1-2H3,(H,33,38)(H4,28,29,34)(H4,30,31,35). The van der Waals surface area contributed by atoms with Crippen LogP contribution in [0.5, 0.6) is 0 Å². The summed E-state index contributed by atoms with van der Waals surface area (Å²) in [7, 11) is 1.56. The van der Waals surface area contributed by atoms with Gasteiger partial charge in [0.1, 0.15) is 29.7 Å². The maximum atomic E-state index is 13.2. The van der Waals surface area contributed by atoms with Crippen molar-refractivity contribution < 1.29 is 39.4 Å². The van der Waals surface area contributed by atoms with Gasteiger partial charge < -0.3 is 79.7 Å². The highest BCUT2D eigenvalue weighted by Gasteiger charge is 2.61. The molecule has 13 atom stereocenters. The van der Waals surface area contributed by atoms with E-state index in [1.54, 1.807) is 13.1 Å². The number of rotatable bonds is 9. The van der Waals surface area contributed by atoms with Crippen molar-refractivity contribution in [3.63, 3.8) is 0 Å². The summed E-state index contributed by atoms with van der Waals surface area (Å²) in [6.45, 7) is 1.38. The molecule has 18 heteroatoms. The summed E-state index contributed by atoms with van der Waals surface area (Å²) in [5.41, 5.74) is 31.3. The van der Waals surface area contributed by atoms with Gasteiger partial charge in [0.05, 0.1) is 43.4 Å². The number of aliphatic hydroxyl groups is 4. The number of aliphatic hydroxyl groups excluding tert-OH is 2. The van der Waals surface area contributed by atoms with Gasteiger partial charge in [-0.1, -0.05) is 0 Å². The number of ether oxygens (including phenoxy) is 3. The Kier molecular flexibility index (Phi) is 9.74. The first-order chi connectivity index (χ1) is 20.1. The van der Waals surface area contributed by atoms with Gasteiger partial charge in [0.15, 0.2) is 23.8 Å². The van der Waals surface area contributed by atoms with Gasteiger partial charge in [-0.15, -0.1) is 0 Å². The smallest absolute Gasteiger partial charge is 0.254 e. The van der Waals surface area contributed by atoms with E-state index in [1.807, 2.05) is 0 Å². The third-order valence-electron chi connectivity index (χ3n) is 8.64.